The second-order valence-corrected chi connectivity index (χ2v) is 3.25. The highest BCUT2D eigenvalue weighted by Gasteiger charge is 2.14. The molecule has 0 aromatic heterocycles. The highest BCUT2D eigenvalue weighted by Crippen LogP contribution is 2.15. The zero-order valence-corrected chi connectivity index (χ0v) is 5.97. The topological polar surface area (TPSA) is 23.5 Å². The van der Waals surface area contributed by atoms with E-state index >= 15 is 0 Å². The number of aliphatic hydroxyl groups excluding tert-OH is 1. The van der Waals surface area contributed by atoms with Crippen LogP contribution in [0.3, 0.4) is 0 Å². The predicted molar refractivity (Wildman–Crippen MR) is 38.8 cm³/mol. The molecule has 2 nitrogen and oxygen atoms in total. The van der Waals surface area contributed by atoms with Crippen LogP contribution in [-0.4, -0.2) is 33.4 Å². The molecule has 0 radical (unpaired) electrons. The summed E-state index contributed by atoms with van der Waals surface area (Å²) in [5.74, 6) is 1.03. The smallest absolute Gasteiger partial charge is 0.138 e. The van der Waals surface area contributed by atoms with E-state index < -0.39 is 0 Å². The predicted octanol–water partition coefficient (Wildman–Crippen LogP) is 0.270. The Morgan fingerprint density at radius 1 is 1.88 bits per heavy atom. The third-order valence-corrected chi connectivity index (χ3v) is 2.52. The van der Waals surface area contributed by atoms with Crippen molar-refractivity contribution < 1.29 is 5.11 Å². The van der Waals surface area contributed by atoms with Crippen LogP contribution in [0.25, 0.3) is 0 Å². The van der Waals surface area contributed by atoms with Gasteiger partial charge in [-0.2, -0.15) is 0 Å². The fourth-order valence-electron chi connectivity index (χ4n) is 0.554. The number of thiocarbonyl (C=S) groups is 1. The quantitative estimate of drug-likeness (QED) is 0.541. The summed E-state index contributed by atoms with van der Waals surface area (Å²) in [6.07, 6.45) is 0. The van der Waals surface area contributed by atoms with Gasteiger partial charge in [-0.05, 0) is 0 Å². The molecule has 0 saturated carbocycles. The number of rotatable bonds is 1. The van der Waals surface area contributed by atoms with Crippen molar-refractivity contribution in [2.75, 3.05) is 19.0 Å². The summed E-state index contributed by atoms with van der Waals surface area (Å²) < 4.78 is 0.826. The molecule has 1 heterocycles. The average Bonchev–Trinajstić information content (AvgIpc) is 2.14. The minimum absolute atomic E-state index is 0.0752. The Bertz CT molecular complexity index is 106. The van der Waals surface area contributed by atoms with E-state index in [0.717, 1.165) is 16.6 Å². The molecule has 0 atom stereocenters. The Kier molecular flexibility index (Phi) is 2.10. The number of hydrogen-bond donors (Lipinski definition) is 1. The Morgan fingerprint density at radius 3 is 2.88 bits per heavy atom. The second-order valence-electron chi connectivity index (χ2n) is 1.52. The maximum absolute atomic E-state index is 8.56. The van der Waals surface area contributed by atoms with Crippen molar-refractivity contribution >= 4 is 28.3 Å². The highest BCUT2D eigenvalue weighted by molar-refractivity contribution is 8.23. The summed E-state index contributed by atoms with van der Waals surface area (Å²) in [6.45, 7) is 0.978. The zero-order valence-electron chi connectivity index (χ0n) is 4.33. The third kappa shape index (κ3) is 1.13. The van der Waals surface area contributed by atoms with Crippen molar-refractivity contribution in [3.63, 3.8) is 0 Å². The van der Waals surface area contributed by atoms with Crippen molar-refractivity contribution in [2.24, 2.45) is 0 Å². The molecule has 1 aliphatic rings. The van der Waals surface area contributed by atoms with Crippen molar-refractivity contribution in [1.29, 1.82) is 0 Å². The number of aliphatic hydroxyl groups is 1. The first-order chi connectivity index (χ1) is 3.84. The summed E-state index contributed by atoms with van der Waals surface area (Å²) in [5.41, 5.74) is 0. The van der Waals surface area contributed by atoms with E-state index in [2.05, 4.69) is 0 Å². The van der Waals surface area contributed by atoms with Crippen LogP contribution in [0.4, 0.5) is 0 Å². The van der Waals surface area contributed by atoms with Gasteiger partial charge in [0.15, 0.2) is 0 Å². The van der Waals surface area contributed by atoms with E-state index in [4.69, 9.17) is 17.3 Å². The molecule has 1 rings (SSSR count). The molecule has 0 aromatic carbocycles. The van der Waals surface area contributed by atoms with Crippen molar-refractivity contribution in [3.05, 3.63) is 0 Å². The molecule has 0 aliphatic carbocycles. The van der Waals surface area contributed by atoms with Crippen LogP contribution in [0, 0.1) is 0 Å². The molecule has 0 amide bonds. The first-order valence-corrected chi connectivity index (χ1v) is 3.76. The molecule has 1 aliphatic heterocycles. The van der Waals surface area contributed by atoms with Crippen molar-refractivity contribution in [3.8, 4) is 0 Å². The maximum atomic E-state index is 8.56. The fourth-order valence-corrected chi connectivity index (χ4v) is 1.77. The molecule has 0 bridgehead atoms. The van der Waals surface area contributed by atoms with Gasteiger partial charge in [0.1, 0.15) is 11.1 Å². The van der Waals surface area contributed by atoms with Gasteiger partial charge in [0.05, 0.1) is 0 Å². The van der Waals surface area contributed by atoms with E-state index in [1.54, 1.807) is 16.7 Å². The van der Waals surface area contributed by atoms with Crippen LogP contribution in [0.5, 0.6) is 0 Å². The minimum atomic E-state index is 0.0752. The molecule has 8 heavy (non-hydrogen) atoms. The molecule has 46 valence electrons. The first kappa shape index (κ1) is 6.32. The molecular formula is C4H7NOS2. The highest BCUT2D eigenvalue weighted by atomic mass is 32.2. The Labute approximate surface area is 57.9 Å². The van der Waals surface area contributed by atoms with Gasteiger partial charge < -0.3 is 10.0 Å². The Morgan fingerprint density at radius 2 is 2.62 bits per heavy atom. The zero-order chi connectivity index (χ0) is 5.98. The summed E-state index contributed by atoms with van der Waals surface area (Å²) in [6, 6.07) is 0. The Hall–Kier alpha value is 0.200. The summed E-state index contributed by atoms with van der Waals surface area (Å²) in [7, 11) is 0. The molecule has 1 saturated heterocycles. The van der Waals surface area contributed by atoms with Gasteiger partial charge in [0.25, 0.3) is 0 Å². The van der Waals surface area contributed by atoms with Crippen LogP contribution in [0.15, 0.2) is 0 Å². The summed E-state index contributed by atoms with van der Waals surface area (Å²) >= 11 is 6.50. The lowest BCUT2D eigenvalue weighted by molar-refractivity contribution is 0.183. The largest absolute Gasteiger partial charge is 0.376 e. The van der Waals surface area contributed by atoms with E-state index in [1.165, 1.54) is 0 Å². The van der Waals surface area contributed by atoms with E-state index in [1.807, 2.05) is 0 Å². The van der Waals surface area contributed by atoms with Gasteiger partial charge in [-0.3, -0.25) is 0 Å². The SMILES string of the molecule is OCN1CCSC1=S. The molecule has 0 spiro atoms. The van der Waals surface area contributed by atoms with Crippen molar-refractivity contribution in [1.82, 2.24) is 4.90 Å². The summed E-state index contributed by atoms with van der Waals surface area (Å²) in [4.78, 5) is 1.78. The number of thioether (sulfide) groups is 1. The van der Waals surface area contributed by atoms with Crippen LogP contribution in [-0.2, 0) is 0 Å². The summed E-state index contributed by atoms with van der Waals surface area (Å²) in [5, 5.41) is 8.56. The lowest BCUT2D eigenvalue weighted by atomic mass is 10.7. The lowest BCUT2D eigenvalue weighted by Gasteiger charge is -2.10. The molecule has 1 fully saturated rings. The van der Waals surface area contributed by atoms with E-state index in [-0.39, 0.29) is 6.73 Å². The lowest BCUT2D eigenvalue weighted by Crippen LogP contribution is -2.23. The van der Waals surface area contributed by atoms with Crippen LogP contribution >= 0.6 is 24.0 Å². The van der Waals surface area contributed by atoms with Crippen LogP contribution in [0.1, 0.15) is 0 Å². The monoisotopic (exact) mass is 149 g/mol. The normalized spacial score (nSPS) is 20.1. The third-order valence-electron chi connectivity index (χ3n) is 1.02. The van der Waals surface area contributed by atoms with Gasteiger partial charge >= 0.3 is 0 Å². The fraction of sp³-hybridized carbons (Fsp3) is 0.750. The van der Waals surface area contributed by atoms with Crippen LogP contribution < -0.4 is 0 Å². The number of hydrogen-bond acceptors (Lipinski definition) is 3. The van der Waals surface area contributed by atoms with Gasteiger partial charge in [0.2, 0.25) is 0 Å². The average molecular weight is 149 g/mol. The standard InChI is InChI=1S/C4H7NOS2/c6-3-5-1-2-8-4(5)7/h6H,1-3H2. The molecule has 1 N–H and O–H groups in total. The van der Waals surface area contributed by atoms with E-state index in [9.17, 15) is 0 Å². The first-order valence-electron chi connectivity index (χ1n) is 2.37. The van der Waals surface area contributed by atoms with E-state index in [0.29, 0.717) is 0 Å². The van der Waals surface area contributed by atoms with Gasteiger partial charge in [0, 0.05) is 12.3 Å². The molecule has 0 aromatic rings. The molecule has 0 unspecified atom stereocenters. The van der Waals surface area contributed by atoms with Gasteiger partial charge in [-0.1, -0.05) is 24.0 Å². The maximum Gasteiger partial charge on any atom is 0.138 e. The molecular weight excluding hydrogens is 142 g/mol. The minimum Gasteiger partial charge on any atom is -0.376 e. The van der Waals surface area contributed by atoms with Gasteiger partial charge in [-0.15, -0.1) is 0 Å². The number of nitrogens with zero attached hydrogens (tertiary/aromatic N) is 1. The van der Waals surface area contributed by atoms with Crippen molar-refractivity contribution in [2.45, 2.75) is 0 Å². The second kappa shape index (κ2) is 2.66. The van der Waals surface area contributed by atoms with Gasteiger partial charge in [-0.25, -0.2) is 0 Å². The molecule has 4 heteroatoms. The van der Waals surface area contributed by atoms with Crippen LogP contribution in [0.2, 0.25) is 0 Å². The Balaban J connectivity index is 2.42.